The number of nitrogens with one attached hydrogen (secondary N) is 1. The number of pyridine rings is 1. The molecule has 8 nitrogen and oxygen atoms in total. The van der Waals surface area contributed by atoms with Crippen LogP contribution in [0.25, 0.3) is 32.9 Å². The van der Waals surface area contributed by atoms with Crippen molar-refractivity contribution < 1.29 is 18.0 Å². The van der Waals surface area contributed by atoms with E-state index in [4.69, 9.17) is 5.84 Å². The largest absolute Gasteiger partial charge is 0.504 e. The van der Waals surface area contributed by atoms with Gasteiger partial charge in [0.15, 0.2) is 0 Å². The molecule has 0 atom stereocenters. The molecule has 5 aromatic rings. The van der Waals surface area contributed by atoms with Crippen molar-refractivity contribution in [1.82, 2.24) is 30.0 Å². The Hall–Kier alpha value is -4.25. The van der Waals surface area contributed by atoms with Crippen molar-refractivity contribution in [1.29, 1.82) is 0 Å². The molecule has 1 amide bonds. The molecule has 0 fully saturated rings. The number of benzene rings is 2. The molecule has 0 saturated carbocycles. The Labute approximate surface area is 184 Å². The first-order chi connectivity index (χ1) is 15.8. The van der Waals surface area contributed by atoms with Crippen molar-refractivity contribution in [2.24, 2.45) is 5.84 Å². The predicted molar refractivity (Wildman–Crippen MR) is 114 cm³/mol. The van der Waals surface area contributed by atoms with Crippen LogP contribution in [0.15, 0.2) is 67.3 Å². The predicted octanol–water partition coefficient (Wildman–Crippen LogP) is 3.97. The van der Waals surface area contributed by atoms with E-state index in [2.05, 4.69) is 20.3 Å². The van der Waals surface area contributed by atoms with Crippen LogP contribution < -0.4 is 5.84 Å². The number of aromatic nitrogens is 5. The number of H-pyrrole nitrogens is 1. The molecule has 3 aromatic heterocycles. The minimum atomic E-state index is -4.57. The number of halogens is 3. The summed E-state index contributed by atoms with van der Waals surface area (Å²) in [5.41, 5.74) is 3.50. The molecule has 0 saturated heterocycles. The van der Waals surface area contributed by atoms with Gasteiger partial charge in [-0.05, 0) is 29.3 Å². The Bertz CT molecular complexity index is 1470. The van der Waals surface area contributed by atoms with E-state index in [9.17, 15) is 18.0 Å². The summed E-state index contributed by atoms with van der Waals surface area (Å²) >= 11 is 0. The van der Waals surface area contributed by atoms with Gasteiger partial charge in [-0.1, -0.05) is 24.3 Å². The van der Waals surface area contributed by atoms with Crippen molar-refractivity contribution in [3.63, 3.8) is 0 Å². The molecule has 3 heterocycles. The number of hydrazine groups is 1. The van der Waals surface area contributed by atoms with Crippen LogP contribution in [0.2, 0.25) is 0 Å². The van der Waals surface area contributed by atoms with Crippen LogP contribution in [-0.4, -0.2) is 35.9 Å². The molecule has 0 bridgehead atoms. The van der Waals surface area contributed by atoms with Crippen molar-refractivity contribution >= 4 is 27.7 Å². The third kappa shape index (κ3) is 3.89. The van der Waals surface area contributed by atoms with Crippen LogP contribution in [0, 0.1) is 0 Å². The lowest BCUT2D eigenvalue weighted by Gasteiger charge is -2.17. The van der Waals surface area contributed by atoms with Gasteiger partial charge in [-0.2, -0.15) is 14.9 Å². The maximum absolute atomic E-state index is 12.9. The molecule has 0 aliphatic carbocycles. The fourth-order valence-electron chi connectivity index (χ4n) is 3.58. The quantitative estimate of drug-likeness (QED) is 0.244. The molecule has 5 rings (SSSR count). The highest BCUT2D eigenvalue weighted by atomic mass is 19.4. The second-order valence-corrected chi connectivity index (χ2v) is 7.46. The molecule has 166 valence electrons. The van der Waals surface area contributed by atoms with Gasteiger partial charge in [0.05, 0.1) is 30.0 Å². The zero-order valence-electron chi connectivity index (χ0n) is 16.9. The smallest absolute Gasteiger partial charge is 0.277 e. The number of rotatable bonds is 4. The summed E-state index contributed by atoms with van der Waals surface area (Å²) in [5.74, 6) is 5.64. The van der Waals surface area contributed by atoms with Crippen LogP contribution in [0.3, 0.4) is 0 Å². The summed E-state index contributed by atoms with van der Waals surface area (Å²) < 4.78 is 38.1. The van der Waals surface area contributed by atoms with E-state index in [0.29, 0.717) is 16.7 Å². The van der Waals surface area contributed by atoms with E-state index in [1.54, 1.807) is 54.9 Å². The number of hydrogen-bond donors (Lipinski definition) is 2. The van der Waals surface area contributed by atoms with Crippen LogP contribution in [0.1, 0.15) is 15.9 Å². The molecule has 0 spiro atoms. The van der Waals surface area contributed by atoms with E-state index in [1.165, 1.54) is 0 Å². The monoisotopic (exact) mass is 451 g/mol. The molecular weight excluding hydrogens is 435 g/mol. The minimum Gasteiger partial charge on any atom is -0.277 e. The fourth-order valence-corrected chi connectivity index (χ4v) is 3.58. The molecule has 2 aromatic carbocycles. The average molecular weight is 451 g/mol. The average Bonchev–Trinajstić information content (AvgIpc) is 3.48. The highest BCUT2D eigenvalue weighted by Gasteiger charge is 2.31. The molecule has 3 N–H and O–H groups in total. The Morgan fingerprint density at radius 3 is 2.58 bits per heavy atom. The van der Waals surface area contributed by atoms with Gasteiger partial charge < -0.3 is 0 Å². The summed E-state index contributed by atoms with van der Waals surface area (Å²) in [6.45, 7) is 0.117. The first-order valence-electron chi connectivity index (χ1n) is 9.79. The van der Waals surface area contributed by atoms with Gasteiger partial charge >= 0.3 is 6.30 Å². The van der Waals surface area contributed by atoms with Crippen LogP contribution in [-0.2, 0) is 12.8 Å². The van der Waals surface area contributed by atoms with Crippen molar-refractivity contribution in [2.75, 3.05) is 0 Å². The van der Waals surface area contributed by atoms with E-state index in [0.717, 1.165) is 44.8 Å². The minimum absolute atomic E-state index is 0.0490. The van der Waals surface area contributed by atoms with Crippen molar-refractivity contribution in [2.45, 2.75) is 12.8 Å². The molecule has 0 radical (unpaired) electrons. The second kappa shape index (κ2) is 7.71. The first-order valence-corrected chi connectivity index (χ1v) is 9.79. The summed E-state index contributed by atoms with van der Waals surface area (Å²) in [5, 5.41) is 12.9. The molecule has 0 unspecified atom stereocenters. The summed E-state index contributed by atoms with van der Waals surface area (Å²) in [6, 6.07) is 11.8. The van der Waals surface area contributed by atoms with E-state index >= 15 is 0 Å². The fraction of sp³-hybridized carbons (Fsp3) is 0.0909. The zero-order chi connectivity index (χ0) is 23.2. The van der Waals surface area contributed by atoms with Gasteiger partial charge in [0.2, 0.25) is 0 Å². The third-order valence-electron chi connectivity index (χ3n) is 5.27. The standard InChI is InChI=1S/C22H16F3N7O/c23-22(24,25)32-12-17(10-29-32)14-3-1-13(2-4-14)11-31(26)21(33)15-5-6-19-18(7-15)20-16(8-27-19)9-28-30-20/h1-10,12H,11,26H2,(H,28,30). The molecular formula is C22H16F3N7O. The summed E-state index contributed by atoms with van der Waals surface area (Å²) in [7, 11) is 0. The second-order valence-electron chi connectivity index (χ2n) is 7.46. The Kier molecular flexibility index (Phi) is 4.82. The number of alkyl halides is 3. The Balaban J connectivity index is 1.33. The maximum Gasteiger partial charge on any atom is 0.504 e. The molecule has 0 aliphatic rings. The highest BCUT2D eigenvalue weighted by molar-refractivity contribution is 6.06. The molecule has 11 heteroatoms. The van der Waals surface area contributed by atoms with E-state index < -0.39 is 6.30 Å². The molecule has 33 heavy (non-hydrogen) atoms. The summed E-state index contributed by atoms with van der Waals surface area (Å²) in [4.78, 5) is 17.2. The topological polar surface area (TPSA) is 106 Å². The number of hydrogen-bond acceptors (Lipinski definition) is 5. The lowest BCUT2D eigenvalue weighted by Crippen LogP contribution is -2.36. The first kappa shape index (κ1) is 20.6. The van der Waals surface area contributed by atoms with E-state index in [1.807, 2.05) is 0 Å². The number of carbonyl (C=O) groups is 1. The third-order valence-corrected chi connectivity index (χ3v) is 5.27. The van der Waals surface area contributed by atoms with Gasteiger partial charge in [-0.25, -0.2) is 5.84 Å². The number of nitrogens with zero attached hydrogens (tertiary/aromatic N) is 5. The lowest BCUT2D eigenvalue weighted by molar-refractivity contribution is -0.212. The van der Waals surface area contributed by atoms with Gasteiger partial charge in [0, 0.05) is 34.3 Å². The van der Waals surface area contributed by atoms with Gasteiger partial charge in [-0.3, -0.25) is 19.9 Å². The maximum atomic E-state index is 12.9. The molecule has 0 aliphatic heterocycles. The Morgan fingerprint density at radius 2 is 1.85 bits per heavy atom. The number of fused-ring (bicyclic) bond motifs is 3. The van der Waals surface area contributed by atoms with Crippen LogP contribution >= 0.6 is 0 Å². The number of aromatic amines is 1. The lowest BCUT2D eigenvalue weighted by atomic mass is 10.1. The number of nitrogens with two attached hydrogens (primary N) is 1. The number of carbonyl (C=O) groups excluding carboxylic acids is 1. The zero-order valence-corrected chi connectivity index (χ0v) is 16.9. The number of amides is 1. The SMILES string of the molecule is NN(Cc1ccc(-c2cnn(C(F)(F)F)c2)cc1)C(=O)c1ccc2ncc3cn[nH]c3c2c1. The van der Waals surface area contributed by atoms with Gasteiger partial charge in [0.25, 0.3) is 5.91 Å². The normalized spacial score (nSPS) is 11.9. The van der Waals surface area contributed by atoms with Gasteiger partial charge in [-0.15, -0.1) is 13.2 Å². The van der Waals surface area contributed by atoms with Crippen LogP contribution in [0.4, 0.5) is 13.2 Å². The van der Waals surface area contributed by atoms with Crippen LogP contribution in [0.5, 0.6) is 0 Å². The van der Waals surface area contributed by atoms with Gasteiger partial charge in [0.1, 0.15) is 0 Å². The van der Waals surface area contributed by atoms with Crippen molar-refractivity contribution in [3.8, 4) is 11.1 Å². The van der Waals surface area contributed by atoms with E-state index in [-0.39, 0.29) is 17.1 Å². The Morgan fingerprint density at radius 1 is 1.06 bits per heavy atom. The highest BCUT2D eigenvalue weighted by Crippen LogP contribution is 2.26. The summed E-state index contributed by atoms with van der Waals surface area (Å²) in [6.07, 6.45) is 0.852. The van der Waals surface area contributed by atoms with Crippen molar-refractivity contribution in [3.05, 3.63) is 78.4 Å².